The van der Waals surface area contributed by atoms with E-state index < -0.39 is 0 Å². The number of aliphatic imine (C=N–C) groups is 2. The van der Waals surface area contributed by atoms with Crippen LogP contribution in [0.3, 0.4) is 0 Å². The maximum absolute atomic E-state index is 11.2. The molecule has 3 aromatic carbocycles. The van der Waals surface area contributed by atoms with E-state index in [4.69, 9.17) is 0 Å². The zero-order valence-corrected chi connectivity index (χ0v) is 27.0. The van der Waals surface area contributed by atoms with Crippen molar-refractivity contribution in [3.05, 3.63) is 46.5 Å². The second kappa shape index (κ2) is 18.6. The molecule has 3 rings (SSSR count). The van der Waals surface area contributed by atoms with Gasteiger partial charge in [0.05, 0.1) is 0 Å². The molecule has 0 bridgehead atoms. The largest absolute Gasteiger partial charge is 0.507 e. The van der Waals surface area contributed by atoms with E-state index in [0.29, 0.717) is 11.5 Å². The van der Waals surface area contributed by atoms with E-state index in [9.17, 15) is 10.2 Å². The minimum atomic E-state index is 0.292. The van der Waals surface area contributed by atoms with Crippen molar-refractivity contribution in [2.24, 2.45) is 9.98 Å². The van der Waals surface area contributed by atoms with Gasteiger partial charge in [-0.05, 0) is 95.5 Å². The summed E-state index contributed by atoms with van der Waals surface area (Å²) in [4.78, 5) is 9.11. The molecule has 4 heteroatoms. The highest BCUT2D eigenvalue weighted by atomic mass is 16.3. The molecule has 230 valence electrons. The molecular weight excluding hydrogens is 516 g/mol. The van der Waals surface area contributed by atoms with Gasteiger partial charge in [0.25, 0.3) is 0 Å². The lowest BCUT2D eigenvalue weighted by molar-refractivity contribution is 0.474. The third kappa shape index (κ3) is 9.57. The fourth-order valence-electron chi connectivity index (χ4n) is 5.99. The molecular formula is C38H56N2O2. The molecule has 42 heavy (non-hydrogen) atoms. The first kappa shape index (κ1) is 33.6. The Morgan fingerprint density at radius 3 is 1.21 bits per heavy atom. The SMILES string of the molecule is CCCCCCCCc1c2cc(O)c(/C=N/CCC)cc2c(CCCCCCCC)c2cc(O)c(/C=N/CCC)cc12. The molecule has 2 N–H and O–H groups in total. The summed E-state index contributed by atoms with van der Waals surface area (Å²) >= 11 is 0. The minimum Gasteiger partial charge on any atom is -0.507 e. The van der Waals surface area contributed by atoms with Gasteiger partial charge < -0.3 is 10.2 Å². The van der Waals surface area contributed by atoms with Gasteiger partial charge >= 0.3 is 0 Å². The Morgan fingerprint density at radius 2 is 0.833 bits per heavy atom. The maximum Gasteiger partial charge on any atom is 0.124 e. The lowest BCUT2D eigenvalue weighted by atomic mass is 9.85. The second-order valence-corrected chi connectivity index (χ2v) is 12.0. The van der Waals surface area contributed by atoms with Gasteiger partial charge in [0.1, 0.15) is 11.5 Å². The number of aromatic hydroxyl groups is 2. The molecule has 0 unspecified atom stereocenters. The van der Waals surface area contributed by atoms with E-state index in [-0.39, 0.29) is 0 Å². The first-order chi connectivity index (χ1) is 20.5. The molecule has 0 aliphatic heterocycles. The van der Waals surface area contributed by atoms with Crippen LogP contribution in [0.15, 0.2) is 34.3 Å². The summed E-state index contributed by atoms with van der Waals surface area (Å²) in [6.45, 7) is 10.2. The monoisotopic (exact) mass is 572 g/mol. The first-order valence-corrected chi connectivity index (χ1v) is 17.0. The van der Waals surface area contributed by atoms with Crippen LogP contribution in [0.2, 0.25) is 0 Å². The highest BCUT2D eigenvalue weighted by Gasteiger charge is 2.18. The van der Waals surface area contributed by atoms with Gasteiger partial charge in [-0.2, -0.15) is 0 Å². The Kier molecular flexibility index (Phi) is 14.9. The third-order valence-corrected chi connectivity index (χ3v) is 8.36. The molecule has 0 amide bonds. The summed E-state index contributed by atoms with van der Waals surface area (Å²) in [6, 6.07) is 8.26. The fraction of sp³-hybridized carbons (Fsp3) is 0.579. The lowest BCUT2D eigenvalue weighted by Gasteiger charge is -2.19. The summed E-state index contributed by atoms with van der Waals surface area (Å²) in [5.41, 5.74) is 4.11. The number of hydrogen-bond acceptors (Lipinski definition) is 4. The molecule has 0 atom stereocenters. The average molecular weight is 573 g/mol. The quantitative estimate of drug-likeness (QED) is 0.0803. The van der Waals surface area contributed by atoms with E-state index in [2.05, 4.69) is 49.8 Å². The van der Waals surface area contributed by atoms with Crippen molar-refractivity contribution < 1.29 is 10.2 Å². The molecule has 3 aromatic rings. The molecule has 0 saturated carbocycles. The Hall–Kier alpha value is -2.88. The normalized spacial score (nSPS) is 12.1. The van der Waals surface area contributed by atoms with Crippen LogP contribution in [-0.2, 0) is 12.8 Å². The number of fused-ring (bicyclic) bond motifs is 2. The number of benzene rings is 3. The van der Waals surface area contributed by atoms with E-state index in [1.54, 1.807) is 0 Å². The number of rotatable bonds is 20. The number of phenols is 2. The number of hydrogen-bond donors (Lipinski definition) is 2. The molecule has 0 spiro atoms. The van der Waals surface area contributed by atoms with Gasteiger partial charge in [-0.25, -0.2) is 0 Å². The third-order valence-electron chi connectivity index (χ3n) is 8.36. The van der Waals surface area contributed by atoms with Gasteiger partial charge in [-0.15, -0.1) is 0 Å². The van der Waals surface area contributed by atoms with Crippen molar-refractivity contribution in [1.82, 2.24) is 0 Å². The Bertz CT molecular complexity index is 1210. The zero-order valence-electron chi connectivity index (χ0n) is 27.0. The first-order valence-electron chi connectivity index (χ1n) is 17.0. The van der Waals surface area contributed by atoms with Crippen LogP contribution < -0.4 is 0 Å². The van der Waals surface area contributed by atoms with E-state index >= 15 is 0 Å². The number of unbranched alkanes of at least 4 members (excludes halogenated alkanes) is 10. The molecule has 0 aliphatic carbocycles. The van der Waals surface area contributed by atoms with Crippen molar-refractivity contribution >= 4 is 34.0 Å². The predicted molar refractivity (Wildman–Crippen MR) is 184 cm³/mol. The van der Waals surface area contributed by atoms with Crippen LogP contribution in [0, 0.1) is 0 Å². The smallest absolute Gasteiger partial charge is 0.124 e. The highest BCUT2D eigenvalue weighted by Crippen LogP contribution is 2.40. The number of nitrogens with zero attached hydrogens (tertiary/aromatic N) is 2. The summed E-state index contributed by atoms with van der Waals surface area (Å²) in [5, 5.41) is 27.0. The topological polar surface area (TPSA) is 65.2 Å². The van der Waals surface area contributed by atoms with Gasteiger partial charge in [0.15, 0.2) is 0 Å². The van der Waals surface area contributed by atoms with Gasteiger partial charge in [-0.1, -0.05) is 91.9 Å². The van der Waals surface area contributed by atoms with E-state index in [0.717, 1.165) is 73.5 Å². The van der Waals surface area contributed by atoms with E-state index in [1.807, 2.05) is 24.6 Å². The van der Waals surface area contributed by atoms with Crippen molar-refractivity contribution in [1.29, 1.82) is 0 Å². The van der Waals surface area contributed by atoms with E-state index in [1.165, 1.54) is 86.1 Å². The van der Waals surface area contributed by atoms with Crippen LogP contribution in [-0.4, -0.2) is 35.7 Å². The Morgan fingerprint density at radius 1 is 0.476 bits per heavy atom. The van der Waals surface area contributed by atoms with Crippen molar-refractivity contribution in [2.45, 2.75) is 130 Å². The number of aryl methyl sites for hydroxylation is 2. The summed E-state index contributed by atoms with van der Waals surface area (Å²) < 4.78 is 0. The molecule has 0 fully saturated rings. The van der Waals surface area contributed by atoms with Gasteiger partial charge in [0.2, 0.25) is 0 Å². The molecule has 0 radical (unpaired) electrons. The second-order valence-electron chi connectivity index (χ2n) is 12.0. The zero-order chi connectivity index (χ0) is 30.2. The summed E-state index contributed by atoms with van der Waals surface area (Å²) in [6.07, 6.45) is 22.4. The fourth-order valence-corrected chi connectivity index (χ4v) is 5.99. The Balaban J connectivity index is 2.17. The molecule has 4 nitrogen and oxygen atoms in total. The van der Waals surface area contributed by atoms with Crippen molar-refractivity contribution in [2.75, 3.05) is 13.1 Å². The van der Waals surface area contributed by atoms with Crippen LogP contribution in [0.25, 0.3) is 21.5 Å². The minimum absolute atomic E-state index is 0.292. The van der Waals surface area contributed by atoms with Crippen molar-refractivity contribution in [3.8, 4) is 11.5 Å². The highest BCUT2D eigenvalue weighted by molar-refractivity contribution is 6.10. The van der Waals surface area contributed by atoms with Crippen LogP contribution in [0.5, 0.6) is 11.5 Å². The predicted octanol–water partition coefficient (Wildman–Crippen LogP) is 10.9. The molecule has 0 heterocycles. The van der Waals surface area contributed by atoms with Crippen LogP contribution in [0.1, 0.15) is 140 Å². The van der Waals surface area contributed by atoms with Crippen molar-refractivity contribution in [3.63, 3.8) is 0 Å². The standard InChI is InChI=1S/C38H56N2O2/c1-5-9-11-13-15-17-19-31-33-23-29(27-39-21-7-3)38(42)26-36(33)32(20-18-16-14-12-10-6-2)34-24-30(28-40-22-8-4)37(41)25-35(31)34/h23-28,41-42H,5-22H2,1-4H3/b39-27+,40-28+. The Labute approximate surface area is 255 Å². The van der Waals surface area contributed by atoms with Gasteiger partial charge in [-0.3, -0.25) is 9.98 Å². The molecule has 0 aromatic heterocycles. The molecule has 0 aliphatic rings. The molecule has 0 saturated heterocycles. The van der Waals surface area contributed by atoms with Gasteiger partial charge in [0, 0.05) is 36.6 Å². The van der Waals surface area contributed by atoms with Crippen LogP contribution in [0.4, 0.5) is 0 Å². The summed E-state index contributed by atoms with van der Waals surface area (Å²) in [7, 11) is 0. The maximum atomic E-state index is 11.2. The average Bonchev–Trinajstić information content (AvgIpc) is 2.98. The summed E-state index contributed by atoms with van der Waals surface area (Å²) in [5.74, 6) is 0.583. The lowest BCUT2D eigenvalue weighted by Crippen LogP contribution is -2.00. The van der Waals surface area contributed by atoms with Crippen LogP contribution >= 0.6 is 0 Å². The number of phenolic OH excluding ortho intramolecular Hbond substituents is 2.